The number of carbonyl (C=O) groups excluding carboxylic acids is 1. The zero-order valence-electron chi connectivity index (χ0n) is 9.78. The van der Waals surface area contributed by atoms with E-state index in [2.05, 4.69) is 10.3 Å². The molecular formula is C14H13N3O. The number of urea groups is 1. The van der Waals surface area contributed by atoms with Gasteiger partial charge in [-0.1, -0.05) is 36.4 Å². The van der Waals surface area contributed by atoms with Gasteiger partial charge in [0.05, 0.1) is 12.6 Å². The number of nitrogens with zero attached hydrogens (tertiary/aromatic N) is 2. The Balaban J connectivity index is 1.83. The van der Waals surface area contributed by atoms with E-state index in [9.17, 15) is 4.79 Å². The molecule has 4 nitrogen and oxygen atoms in total. The second-order valence-electron chi connectivity index (χ2n) is 4.21. The predicted molar refractivity (Wildman–Crippen MR) is 69.3 cm³/mol. The second kappa shape index (κ2) is 4.49. The maximum Gasteiger partial charge on any atom is 0.323 e. The highest BCUT2D eigenvalue weighted by molar-refractivity contribution is 5.93. The average Bonchev–Trinajstić information content (AvgIpc) is 2.83. The molecule has 3 rings (SSSR count). The lowest BCUT2D eigenvalue weighted by Gasteiger charge is -2.13. The van der Waals surface area contributed by atoms with Crippen molar-refractivity contribution in [2.75, 3.05) is 11.4 Å². The van der Waals surface area contributed by atoms with Crippen LogP contribution in [0.5, 0.6) is 0 Å². The molecule has 0 bridgehead atoms. The lowest BCUT2D eigenvalue weighted by atomic mass is 10.1. The summed E-state index contributed by atoms with van der Waals surface area (Å²) in [5, 5.41) is 2.97. The number of aromatic nitrogens is 1. The number of hydrogen-bond donors (Lipinski definition) is 1. The van der Waals surface area contributed by atoms with Gasteiger partial charge >= 0.3 is 6.03 Å². The monoisotopic (exact) mass is 239 g/mol. The summed E-state index contributed by atoms with van der Waals surface area (Å²) in [6, 6.07) is 15.5. The number of amides is 2. The third-order valence-corrected chi connectivity index (χ3v) is 3.04. The topological polar surface area (TPSA) is 45.2 Å². The Bertz CT molecular complexity index is 541. The fourth-order valence-corrected chi connectivity index (χ4v) is 2.12. The summed E-state index contributed by atoms with van der Waals surface area (Å²) >= 11 is 0. The van der Waals surface area contributed by atoms with Crippen LogP contribution in [0.15, 0.2) is 54.7 Å². The van der Waals surface area contributed by atoms with Gasteiger partial charge in [-0.15, -0.1) is 0 Å². The Morgan fingerprint density at radius 3 is 2.61 bits per heavy atom. The minimum Gasteiger partial charge on any atom is -0.329 e. The molecule has 1 N–H and O–H groups in total. The zero-order valence-corrected chi connectivity index (χ0v) is 9.78. The molecule has 90 valence electrons. The number of rotatable bonds is 2. The molecule has 1 fully saturated rings. The van der Waals surface area contributed by atoms with E-state index in [-0.39, 0.29) is 12.1 Å². The summed E-state index contributed by atoms with van der Waals surface area (Å²) in [6.07, 6.45) is 1.69. The summed E-state index contributed by atoms with van der Waals surface area (Å²) in [4.78, 5) is 17.8. The van der Waals surface area contributed by atoms with Crippen LogP contribution < -0.4 is 10.2 Å². The van der Waals surface area contributed by atoms with Crippen molar-refractivity contribution in [3.8, 4) is 0 Å². The van der Waals surface area contributed by atoms with Crippen LogP contribution in [-0.4, -0.2) is 17.6 Å². The van der Waals surface area contributed by atoms with Crippen LogP contribution in [-0.2, 0) is 0 Å². The summed E-state index contributed by atoms with van der Waals surface area (Å²) in [5.74, 6) is 0.688. The number of pyridine rings is 1. The standard InChI is InChI=1S/C14H13N3O/c18-14-16-12(11-6-2-1-3-7-11)10-17(14)13-8-4-5-9-15-13/h1-9,12H,10H2,(H,16,18)/t12-/m0/s1. The Morgan fingerprint density at radius 2 is 1.89 bits per heavy atom. The predicted octanol–water partition coefficient (Wildman–Crippen LogP) is 2.35. The van der Waals surface area contributed by atoms with E-state index in [4.69, 9.17) is 0 Å². The Labute approximate surface area is 105 Å². The zero-order chi connectivity index (χ0) is 12.4. The van der Waals surface area contributed by atoms with E-state index in [1.54, 1.807) is 11.1 Å². The van der Waals surface area contributed by atoms with Crippen LogP contribution in [0.1, 0.15) is 11.6 Å². The van der Waals surface area contributed by atoms with Crippen LogP contribution in [0, 0.1) is 0 Å². The Kier molecular flexibility index (Phi) is 2.68. The van der Waals surface area contributed by atoms with E-state index in [0.717, 1.165) is 5.56 Å². The highest BCUT2D eigenvalue weighted by atomic mass is 16.2. The van der Waals surface area contributed by atoms with Crippen LogP contribution in [0.2, 0.25) is 0 Å². The molecule has 2 heterocycles. The van der Waals surface area contributed by atoms with Crippen molar-refractivity contribution in [1.29, 1.82) is 0 Å². The van der Waals surface area contributed by atoms with Gasteiger partial charge in [-0.2, -0.15) is 0 Å². The number of benzene rings is 1. The van der Waals surface area contributed by atoms with Gasteiger partial charge in [0.1, 0.15) is 5.82 Å². The highest BCUT2D eigenvalue weighted by Crippen LogP contribution is 2.23. The number of nitrogens with one attached hydrogen (secondary N) is 1. The number of carbonyl (C=O) groups is 1. The van der Waals surface area contributed by atoms with Gasteiger partial charge in [-0.25, -0.2) is 9.78 Å². The van der Waals surface area contributed by atoms with Crippen molar-refractivity contribution in [3.05, 3.63) is 60.3 Å². The summed E-state index contributed by atoms with van der Waals surface area (Å²) in [6.45, 7) is 0.611. The normalized spacial score (nSPS) is 18.8. The number of hydrogen-bond acceptors (Lipinski definition) is 2. The molecule has 0 unspecified atom stereocenters. The fraction of sp³-hybridized carbons (Fsp3) is 0.143. The molecular weight excluding hydrogens is 226 g/mol. The molecule has 18 heavy (non-hydrogen) atoms. The van der Waals surface area contributed by atoms with Gasteiger partial charge in [-0.3, -0.25) is 4.90 Å². The second-order valence-corrected chi connectivity index (χ2v) is 4.21. The third-order valence-electron chi connectivity index (χ3n) is 3.04. The number of anilines is 1. The summed E-state index contributed by atoms with van der Waals surface area (Å²) < 4.78 is 0. The van der Waals surface area contributed by atoms with Crippen LogP contribution in [0.4, 0.5) is 10.6 Å². The molecule has 0 radical (unpaired) electrons. The van der Waals surface area contributed by atoms with E-state index >= 15 is 0 Å². The molecule has 4 heteroatoms. The van der Waals surface area contributed by atoms with Crippen LogP contribution in [0.3, 0.4) is 0 Å². The van der Waals surface area contributed by atoms with Crippen molar-refractivity contribution in [2.45, 2.75) is 6.04 Å². The molecule has 2 aromatic rings. The van der Waals surface area contributed by atoms with Gasteiger partial charge in [0.25, 0.3) is 0 Å². The molecule has 1 saturated heterocycles. The van der Waals surface area contributed by atoms with E-state index in [1.165, 1.54) is 0 Å². The molecule has 1 aliphatic heterocycles. The SMILES string of the molecule is O=C1N[C@H](c2ccccc2)CN1c1ccccn1. The third kappa shape index (κ3) is 1.93. The molecule has 0 spiro atoms. The van der Waals surface area contributed by atoms with E-state index in [1.807, 2.05) is 48.5 Å². The minimum absolute atomic E-state index is 0.0284. The van der Waals surface area contributed by atoms with E-state index < -0.39 is 0 Å². The largest absolute Gasteiger partial charge is 0.329 e. The fourth-order valence-electron chi connectivity index (χ4n) is 2.12. The van der Waals surface area contributed by atoms with Gasteiger partial charge < -0.3 is 5.32 Å². The maximum absolute atomic E-state index is 11.9. The average molecular weight is 239 g/mol. The van der Waals surface area contributed by atoms with Gasteiger partial charge in [0.2, 0.25) is 0 Å². The summed E-state index contributed by atoms with van der Waals surface area (Å²) in [5.41, 5.74) is 1.12. The lowest BCUT2D eigenvalue weighted by Crippen LogP contribution is -2.28. The molecule has 1 aromatic carbocycles. The quantitative estimate of drug-likeness (QED) is 0.874. The van der Waals surface area contributed by atoms with Crippen molar-refractivity contribution < 1.29 is 4.79 Å². The smallest absolute Gasteiger partial charge is 0.323 e. The lowest BCUT2D eigenvalue weighted by molar-refractivity contribution is 0.251. The molecule has 0 aliphatic carbocycles. The van der Waals surface area contributed by atoms with Gasteiger partial charge in [-0.05, 0) is 17.7 Å². The van der Waals surface area contributed by atoms with Crippen molar-refractivity contribution in [3.63, 3.8) is 0 Å². The van der Waals surface area contributed by atoms with Gasteiger partial charge in [0.15, 0.2) is 0 Å². The van der Waals surface area contributed by atoms with Crippen LogP contribution >= 0.6 is 0 Å². The first-order valence-electron chi connectivity index (χ1n) is 5.88. The van der Waals surface area contributed by atoms with Gasteiger partial charge in [0, 0.05) is 6.20 Å². The molecule has 1 aromatic heterocycles. The Hall–Kier alpha value is -2.36. The first-order valence-corrected chi connectivity index (χ1v) is 5.88. The highest BCUT2D eigenvalue weighted by Gasteiger charge is 2.31. The van der Waals surface area contributed by atoms with Crippen molar-refractivity contribution in [1.82, 2.24) is 10.3 Å². The maximum atomic E-state index is 11.9. The first-order chi connectivity index (χ1) is 8.84. The minimum atomic E-state index is -0.0949. The summed E-state index contributed by atoms with van der Waals surface area (Å²) in [7, 11) is 0. The molecule has 1 aliphatic rings. The molecule has 2 amide bonds. The van der Waals surface area contributed by atoms with Crippen molar-refractivity contribution in [2.24, 2.45) is 0 Å². The van der Waals surface area contributed by atoms with Crippen molar-refractivity contribution >= 4 is 11.8 Å². The van der Waals surface area contributed by atoms with Crippen LogP contribution in [0.25, 0.3) is 0 Å². The Morgan fingerprint density at radius 1 is 1.11 bits per heavy atom. The first kappa shape index (κ1) is 10.8. The van der Waals surface area contributed by atoms with E-state index in [0.29, 0.717) is 12.4 Å². The molecule has 0 saturated carbocycles. The molecule has 1 atom stereocenters.